The number of allylic oxidation sites excluding steroid dienone is 1. The SMILES string of the molecule is C/C=C1\CCCC(C)(C)[C@]1(O)CC(=O)O. The second kappa shape index (κ2) is 3.97. The van der Waals surface area contributed by atoms with Gasteiger partial charge >= 0.3 is 5.97 Å². The fourth-order valence-corrected chi connectivity index (χ4v) is 2.52. The Labute approximate surface area is 90.8 Å². The van der Waals surface area contributed by atoms with Crippen LogP contribution in [0.4, 0.5) is 0 Å². The van der Waals surface area contributed by atoms with Crippen LogP contribution in [0.1, 0.15) is 46.5 Å². The quantitative estimate of drug-likeness (QED) is 0.691. The van der Waals surface area contributed by atoms with Crippen molar-refractivity contribution in [1.29, 1.82) is 0 Å². The van der Waals surface area contributed by atoms with Crippen LogP contribution < -0.4 is 0 Å². The van der Waals surface area contributed by atoms with E-state index < -0.39 is 11.6 Å². The zero-order chi connectivity index (χ0) is 11.7. The molecule has 0 heterocycles. The van der Waals surface area contributed by atoms with Gasteiger partial charge in [-0.15, -0.1) is 0 Å². The lowest BCUT2D eigenvalue weighted by Crippen LogP contribution is -2.50. The van der Waals surface area contributed by atoms with Gasteiger partial charge < -0.3 is 10.2 Å². The molecule has 0 aromatic heterocycles. The summed E-state index contributed by atoms with van der Waals surface area (Å²) in [6.07, 6.45) is 4.37. The van der Waals surface area contributed by atoms with Gasteiger partial charge in [-0.1, -0.05) is 19.9 Å². The van der Waals surface area contributed by atoms with Gasteiger partial charge in [-0.2, -0.15) is 0 Å². The summed E-state index contributed by atoms with van der Waals surface area (Å²) in [5.41, 5.74) is -0.654. The van der Waals surface area contributed by atoms with E-state index in [9.17, 15) is 9.90 Å². The highest BCUT2D eigenvalue weighted by Crippen LogP contribution is 2.48. The molecular formula is C12H20O3. The molecule has 0 radical (unpaired) electrons. The molecule has 1 aliphatic rings. The fraction of sp³-hybridized carbons (Fsp3) is 0.750. The predicted molar refractivity (Wildman–Crippen MR) is 58.6 cm³/mol. The summed E-state index contributed by atoms with van der Waals surface area (Å²) >= 11 is 0. The van der Waals surface area contributed by atoms with Gasteiger partial charge in [-0.25, -0.2) is 0 Å². The molecule has 15 heavy (non-hydrogen) atoms. The monoisotopic (exact) mass is 212 g/mol. The Kier molecular flexibility index (Phi) is 3.24. The molecule has 0 aromatic carbocycles. The van der Waals surface area contributed by atoms with Gasteiger partial charge in [-0.05, 0) is 37.2 Å². The number of aliphatic hydroxyl groups is 1. The molecule has 2 N–H and O–H groups in total. The summed E-state index contributed by atoms with van der Waals surface area (Å²) in [5.74, 6) is -0.938. The van der Waals surface area contributed by atoms with Crippen molar-refractivity contribution in [2.75, 3.05) is 0 Å². The zero-order valence-corrected chi connectivity index (χ0v) is 9.71. The number of aliphatic carboxylic acids is 1. The second-order valence-electron chi connectivity index (χ2n) is 4.98. The number of hydrogen-bond donors (Lipinski definition) is 2. The molecule has 3 nitrogen and oxygen atoms in total. The molecule has 1 fully saturated rings. The van der Waals surface area contributed by atoms with Crippen molar-refractivity contribution in [2.45, 2.75) is 52.1 Å². The molecule has 0 amide bonds. The summed E-state index contributed by atoms with van der Waals surface area (Å²) in [5, 5.41) is 19.5. The van der Waals surface area contributed by atoms with Crippen LogP contribution in [0.2, 0.25) is 0 Å². The Bertz CT molecular complexity index is 291. The number of rotatable bonds is 2. The molecule has 1 aliphatic carbocycles. The lowest BCUT2D eigenvalue weighted by atomic mass is 9.61. The van der Waals surface area contributed by atoms with Crippen molar-refractivity contribution in [2.24, 2.45) is 5.41 Å². The third-order valence-corrected chi connectivity index (χ3v) is 3.65. The molecule has 3 heteroatoms. The van der Waals surface area contributed by atoms with Gasteiger partial charge in [0.1, 0.15) is 5.60 Å². The highest BCUT2D eigenvalue weighted by Gasteiger charge is 2.49. The number of carbonyl (C=O) groups is 1. The lowest BCUT2D eigenvalue weighted by Gasteiger charge is -2.47. The molecule has 0 unspecified atom stereocenters. The number of carboxylic acids is 1. The molecule has 1 rings (SSSR count). The Morgan fingerprint density at radius 3 is 2.60 bits per heavy atom. The highest BCUT2D eigenvalue weighted by atomic mass is 16.4. The van der Waals surface area contributed by atoms with Gasteiger partial charge in [0.05, 0.1) is 6.42 Å². The average Bonchev–Trinajstić information content (AvgIpc) is 2.08. The first-order valence-electron chi connectivity index (χ1n) is 5.43. The smallest absolute Gasteiger partial charge is 0.306 e. The Balaban J connectivity index is 3.08. The van der Waals surface area contributed by atoms with E-state index in [0.717, 1.165) is 24.8 Å². The molecule has 1 atom stereocenters. The summed E-state index contributed by atoms with van der Waals surface area (Å²) in [4.78, 5) is 10.8. The predicted octanol–water partition coefficient (Wildman–Crippen LogP) is 2.35. The number of hydrogen-bond acceptors (Lipinski definition) is 2. The van der Waals surface area contributed by atoms with Crippen molar-refractivity contribution in [3.8, 4) is 0 Å². The molecule has 0 bridgehead atoms. The van der Waals surface area contributed by atoms with E-state index in [0.29, 0.717) is 0 Å². The fourth-order valence-electron chi connectivity index (χ4n) is 2.52. The molecular weight excluding hydrogens is 192 g/mol. The Hall–Kier alpha value is -0.830. The van der Waals surface area contributed by atoms with Crippen molar-refractivity contribution >= 4 is 5.97 Å². The largest absolute Gasteiger partial charge is 0.481 e. The van der Waals surface area contributed by atoms with Gasteiger partial charge in [0.15, 0.2) is 0 Å². The molecule has 86 valence electrons. The van der Waals surface area contributed by atoms with Crippen molar-refractivity contribution in [3.63, 3.8) is 0 Å². The van der Waals surface area contributed by atoms with Crippen LogP contribution in [-0.4, -0.2) is 21.8 Å². The van der Waals surface area contributed by atoms with E-state index in [1.54, 1.807) is 0 Å². The molecule has 1 saturated carbocycles. The maximum atomic E-state index is 10.8. The minimum Gasteiger partial charge on any atom is -0.481 e. The van der Waals surface area contributed by atoms with Crippen LogP contribution in [0.5, 0.6) is 0 Å². The normalized spacial score (nSPS) is 32.9. The van der Waals surface area contributed by atoms with E-state index in [2.05, 4.69) is 0 Å². The van der Waals surface area contributed by atoms with E-state index in [-0.39, 0.29) is 11.8 Å². The first-order valence-corrected chi connectivity index (χ1v) is 5.43. The van der Waals surface area contributed by atoms with Crippen LogP contribution in [0.15, 0.2) is 11.6 Å². The van der Waals surface area contributed by atoms with Gasteiger partial charge in [0.2, 0.25) is 0 Å². The van der Waals surface area contributed by atoms with Crippen molar-refractivity contribution < 1.29 is 15.0 Å². The summed E-state index contributed by atoms with van der Waals surface area (Å²) in [7, 11) is 0. The minimum atomic E-state index is -1.17. The second-order valence-corrected chi connectivity index (χ2v) is 4.98. The first-order chi connectivity index (χ1) is 6.83. The van der Waals surface area contributed by atoms with E-state index >= 15 is 0 Å². The Morgan fingerprint density at radius 1 is 1.53 bits per heavy atom. The standard InChI is InChI=1S/C12H20O3/c1-4-9-6-5-7-11(2,3)12(9,15)8-10(13)14/h4,15H,5-8H2,1-3H3,(H,13,14)/b9-4+/t12-/m0/s1. The van der Waals surface area contributed by atoms with E-state index in [4.69, 9.17) is 5.11 Å². The van der Waals surface area contributed by atoms with Crippen LogP contribution in [0.25, 0.3) is 0 Å². The van der Waals surface area contributed by atoms with Gasteiger partial charge in [-0.3, -0.25) is 4.79 Å². The first kappa shape index (κ1) is 12.2. The topological polar surface area (TPSA) is 57.5 Å². The van der Waals surface area contributed by atoms with Crippen LogP contribution in [0.3, 0.4) is 0 Å². The molecule has 0 spiro atoms. The van der Waals surface area contributed by atoms with Crippen LogP contribution in [-0.2, 0) is 4.79 Å². The maximum Gasteiger partial charge on any atom is 0.306 e. The van der Waals surface area contributed by atoms with Crippen molar-refractivity contribution in [1.82, 2.24) is 0 Å². The molecule has 0 aromatic rings. The summed E-state index contributed by atoms with van der Waals surface area (Å²) in [6, 6.07) is 0. The highest BCUT2D eigenvalue weighted by molar-refractivity contribution is 5.69. The van der Waals surface area contributed by atoms with E-state index in [1.165, 1.54) is 0 Å². The minimum absolute atomic E-state index is 0.195. The third-order valence-electron chi connectivity index (χ3n) is 3.65. The van der Waals surface area contributed by atoms with Crippen LogP contribution in [0, 0.1) is 5.41 Å². The zero-order valence-electron chi connectivity index (χ0n) is 9.71. The van der Waals surface area contributed by atoms with Gasteiger partial charge in [0.25, 0.3) is 0 Å². The lowest BCUT2D eigenvalue weighted by molar-refractivity contribution is -0.147. The molecule has 0 aliphatic heterocycles. The van der Waals surface area contributed by atoms with E-state index in [1.807, 2.05) is 26.8 Å². The molecule has 0 saturated heterocycles. The summed E-state index contributed by atoms with van der Waals surface area (Å²) < 4.78 is 0. The van der Waals surface area contributed by atoms with Gasteiger partial charge in [0, 0.05) is 0 Å². The summed E-state index contributed by atoms with van der Waals surface area (Å²) in [6.45, 7) is 5.75. The third kappa shape index (κ3) is 2.07. The Morgan fingerprint density at radius 2 is 2.13 bits per heavy atom. The average molecular weight is 212 g/mol. The van der Waals surface area contributed by atoms with Crippen molar-refractivity contribution in [3.05, 3.63) is 11.6 Å². The van der Waals surface area contributed by atoms with Crippen LogP contribution >= 0.6 is 0 Å². The number of carboxylic acid groups (broad SMARTS) is 1. The maximum absolute atomic E-state index is 10.8.